The lowest BCUT2D eigenvalue weighted by atomic mass is 9.92. The lowest BCUT2D eigenvalue weighted by molar-refractivity contribution is -0.114. The van der Waals surface area contributed by atoms with Crippen LogP contribution < -0.4 is 0 Å². The molecule has 0 bridgehead atoms. The van der Waals surface area contributed by atoms with Crippen LogP contribution in [0.25, 0.3) is 0 Å². The van der Waals surface area contributed by atoms with Crippen molar-refractivity contribution >= 4 is 16.8 Å². The third-order valence-corrected chi connectivity index (χ3v) is 3.09. The van der Waals surface area contributed by atoms with Crippen LogP contribution in [0.2, 0.25) is 0 Å². The molecule has 0 saturated heterocycles. The Hall–Kier alpha value is -0.0800. The standard InChI is InChI=1S/C13H25ClO2/c1-6-13(5,8-7-11(14)15)16-10-9-12(2,3)4/h6-10H2,1-5H3. The molecule has 0 aliphatic heterocycles. The highest BCUT2D eigenvalue weighted by Gasteiger charge is 2.24. The van der Waals surface area contributed by atoms with Crippen LogP contribution in [0, 0.1) is 5.41 Å². The zero-order valence-electron chi connectivity index (χ0n) is 11.2. The van der Waals surface area contributed by atoms with Gasteiger partial charge in [0.15, 0.2) is 0 Å². The highest BCUT2D eigenvalue weighted by Crippen LogP contribution is 2.25. The average Bonchev–Trinajstić information content (AvgIpc) is 2.13. The molecule has 0 radical (unpaired) electrons. The van der Waals surface area contributed by atoms with Crippen LogP contribution in [0.3, 0.4) is 0 Å². The Morgan fingerprint density at radius 1 is 1.19 bits per heavy atom. The fraction of sp³-hybridized carbons (Fsp3) is 0.923. The van der Waals surface area contributed by atoms with Gasteiger partial charge in [-0.25, -0.2) is 0 Å². The summed E-state index contributed by atoms with van der Waals surface area (Å²) in [6, 6.07) is 0. The molecule has 1 unspecified atom stereocenters. The first-order valence-corrected chi connectivity index (χ1v) is 6.39. The molecule has 0 N–H and O–H groups in total. The molecule has 2 nitrogen and oxygen atoms in total. The van der Waals surface area contributed by atoms with E-state index in [1.165, 1.54) is 0 Å². The van der Waals surface area contributed by atoms with Crippen LogP contribution in [0.1, 0.15) is 60.3 Å². The van der Waals surface area contributed by atoms with Gasteiger partial charge < -0.3 is 4.74 Å². The Morgan fingerprint density at radius 2 is 1.75 bits per heavy atom. The Balaban J connectivity index is 4.01. The maximum atomic E-state index is 10.7. The average molecular weight is 249 g/mol. The normalized spacial score (nSPS) is 15.9. The highest BCUT2D eigenvalue weighted by atomic mass is 35.5. The van der Waals surface area contributed by atoms with E-state index in [2.05, 4.69) is 34.6 Å². The minimum absolute atomic E-state index is 0.212. The van der Waals surface area contributed by atoms with Crippen LogP contribution >= 0.6 is 11.6 Å². The largest absolute Gasteiger partial charge is 0.375 e. The topological polar surface area (TPSA) is 26.3 Å². The first-order chi connectivity index (χ1) is 7.18. The summed E-state index contributed by atoms with van der Waals surface area (Å²) >= 11 is 5.35. The molecule has 0 aliphatic carbocycles. The van der Waals surface area contributed by atoms with Crippen molar-refractivity contribution < 1.29 is 9.53 Å². The summed E-state index contributed by atoms with van der Waals surface area (Å²) in [6.07, 6.45) is 3.02. The second-order valence-electron chi connectivity index (χ2n) is 5.82. The quantitative estimate of drug-likeness (QED) is 0.633. The molecule has 0 spiro atoms. The smallest absolute Gasteiger partial charge is 0.221 e. The summed E-state index contributed by atoms with van der Waals surface area (Å²) < 4.78 is 5.89. The van der Waals surface area contributed by atoms with E-state index in [9.17, 15) is 4.79 Å². The molecule has 0 amide bonds. The van der Waals surface area contributed by atoms with Crippen LogP contribution in [0.4, 0.5) is 0 Å². The Bertz CT molecular complexity index is 220. The number of hydrogen-bond donors (Lipinski definition) is 0. The van der Waals surface area contributed by atoms with E-state index < -0.39 is 0 Å². The number of rotatable bonds is 7. The van der Waals surface area contributed by atoms with Gasteiger partial charge in [0.05, 0.1) is 5.60 Å². The molecular formula is C13H25ClO2. The van der Waals surface area contributed by atoms with Crippen molar-refractivity contribution in [1.82, 2.24) is 0 Å². The highest BCUT2D eigenvalue weighted by molar-refractivity contribution is 6.63. The molecule has 0 aliphatic rings. The van der Waals surface area contributed by atoms with Gasteiger partial charge in [0, 0.05) is 13.0 Å². The summed E-state index contributed by atoms with van der Waals surface area (Å²) in [5.74, 6) is 0. The zero-order chi connectivity index (χ0) is 12.8. The maximum Gasteiger partial charge on any atom is 0.221 e. The van der Waals surface area contributed by atoms with E-state index in [0.29, 0.717) is 12.8 Å². The predicted octanol–water partition coefficient (Wildman–Crippen LogP) is 4.15. The Labute approximate surface area is 105 Å². The monoisotopic (exact) mass is 248 g/mol. The molecule has 0 rings (SSSR count). The van der Waals surface area contributed by atoms with Crippen molar-refractivity contribution in [3.05, 3.63) is 0 Å². The molecule has 0 saturated carbocycles. The summed E-state index contributed by atoms with van der Waals surface area (Å²) in [5, 5.41) is -0.279. The molecule has 1 atom stereocenters. The van der Waals surface area contributed by atoms with Crippen molar-refractivity contribution in [1.29, 1.82) is 0 Å². The first kappa shape index (κ1) is 15.9. The number of carbonyl (C=O) groups is 1. The van der Waals surface area contributed by atoms with Gasteiger partial charge in [-0.05, 0) is 43.2 Å². The fourth-order valence-electron chi connectivity index (χ4n) is 1.32. The summed E-state index contributed by atoms with van der Waals surface area (Å²) in [7, 11) is 0. The van der Waals surface area contributed by atoms with Crippen LogP contribution in [-0.2, 0) is 9.53 Å². The van der Waals surface area contributed by atoms with Gasteiger partial charge in [-0.1, -0.05) is 27.7 Å². The third kappa shape index (κ3) is 8.12. The number of carbonyl (C=O) groups excluding carboxylic acids is 1. The SMILES string of the molecule is CCC(C)(CCC(=O)Cl)OCCC(C)(C)C. The number of hydrogen-bond acceptors (Lipinski definition) is 2. The fourth-order valence-corrected chi connectivity index (χ4v) is 1.41. The second kappa shape index (κ2) is 6.61. The summed E-state index contributed by atoms with van der Waals surface area (Å²) in [6.45, 7) is 11.5. The summed E-state index contributed by atoms with van der Waals surface area (Å²) in [5.41, 5.74) is 0.0761. The molecule has 0 aromatic carbocycles. The Morgan fingerprint density at radius 3 is 2.12 bits per heavy atom. The molecule has 0 fully saturated rings. The van der Waals surface area contributed by atoms with Gasteiger partial charge in [0.25, 0.3) is 0 Å². The van der Waals surface area contributed by atoms with E-state index in [4.69, 9.17) is 16.3 Å². The second-order valence-corrected chi connectivity index (χ2v) is 6.24. The van der Waals surface area contributed by atoms with Gasteiger partial charge >= 0.3 is 0 Å². The molecule has 0 aromatic heterocycles. The lowest BCUT2D eigenvalue weighted by Gasteiger charge is -2.30. The molecule has 0 heterocycles. The van der Waals surface area contributed by atoms with Gasteiger partial charge in [-0.2, -0.15) is 0 Å². The van der Waals surface area contributed by atoms with Gasteiger partial charge in [-0.3, -0.25) is 4.79 Å². The van der Waals surface area contributed by atoms with Crippen molar-refractivity contribution in [2.45, 2.75) is 65.9 Å². The van der Waals surface area contributed by atoms with E-state index >= 15 is 0 Å². The zero-order valence-corrected chi connectivity index (χ0v) is 12.0. The maximum absolute atomic E-state index is 10.7. The minimum Gasteiger partial charge on any atom is -0.375 e. The van der Waals surface area contributed by atoms with Crippen molar-refractivity contribution in [3.63, 3.8) is 0 Å². The molecular weight excluding hydrogens is 224 g/mol. The molecule has 3 heteroatoms. The van der Waals surface area contributed by atoms with Crippen molar-refractivity contribution in [2.75, 3.05) is 6.61 Å². The van der Waals surface area contributed by atoms with E-state index in [-0.39, 0.29) is 16.3 Å². The lowest BCUT2D eigenvalue weighted by Crippen LogP contribution is -2.30. The van der Waals surface area contributed by atoms with E-state index in [1.807, 2.05) is 0 Å². The Kier molecular flexibility index (Phi) is 6.57. The molecule has 16 heavy (non-hydrogen) atoms. The summed E-state index contributed by atoms with van der Waals surface area (Å²) in [4.78, 5) is 10.7. The van der Waals surface area contributed by atoms with Crippen molar-refractivity contribution in [3.8, 4) is 0 Å². The van der Waals surface area contributed by atoms with Crippen molar-refractivity contribution in [2.24, 2.45) is 5.41 Å². The van der Waals surface area contributed by atoms with Crippen LogP contribution in [0.5, 0.6) is 0 Å². The van der Waals surface area contributed by atoms with Gasteiger partial charge in [-0.15, -0.1) is 0 Å². The van der Waals surface area contributed by atoms with Gasteiger partial charge in [0.2, 0.25) is 5.24 Å². The van der Waals surface area contributed by atoms with E-state index in [0.717, 1.165) is 19.4 Å². The van der Waals surface area contributed by atoms with Gasteiger partial charge in [0.1, 0.15) is 0 Å². The molecule has 96 valence electrons. The number of ether oxygens (including phenoxy) is 1. The minimum atomic E-state index is -0.279. The van der Waals surface area contributed by atoms with Crippen LogP contribution in [-0.4, -0.2) is 17.5 Å². The predicted molar refractivity (Wildman–Crippen MR) is 68.8 cm³/mol. The van der Waals surface area contributed by atoms with Crippen LogP contribution in [0.15, 0.2) is 0 Å². The van der Waals surface area contributed by atoms with E-state index in [1.54, 1.807) is 0 Å². The molecule has 0 aromatic rings. The third-order valence-electron chi connectivity index (χ3n) is 2.90. The number of halogens is 1. The first-order valence-electron chi connectivity index (χ1n) is 6.01.